The summed E-state index contributed by atoms with van der Waals surface area (Å²) in [6.07, 6.45) is 1.52. The highest BCUT2D eigenvalue weighted by Gasteiger charge is 2.34. The van der Waals surface area contributed by atoms with Gasteiger partial charge in [0.1, 0.15) is 0 Å². The van der Waals surface area contributed by atoms with Crippen LogP contribution in [0.3, 0.4) is 0 Å². The number of aliphatic imine (C=N–C) groups is 1. The lowest BCUT2D eigenvalue weighted by atomic mass is 10.1. The number of benzene rings is 2. The van der Waals surface area contributed by atoms with Gasteiger partial charge in [-0.05, 0) is 42.7 Å². The van der Waals surface area contributed by atoms with E-state index in [1.807, 2.05) is 18.2 Å². The van der Waals surface area contributed by atoms with Crippen molar-refractivity contribution in [3.05, 3.63) is 59.2 Å². The molecule has 9 heteroatoms. The third-order valence-electron chi connectivity index (χ3n) is 5.10. The SMILES string of the molecule is CN=C(NCCCCN1C(=O)c2ccccc2C1=O)NCc1ccc2c(c1)OCO2.I. The molecule has 0 fully saturated rings. The highest BCUT2D eigenvalue weighted by molar-refractivity contribution is 14.0. The normalized spacial score (nSPS) is 14.4. The molecule has 0 aromatic heterocycles. The third kappa shape index (κ3) is 5.09. The van der Waals surface area contributed by atoms with Crippen molar-refractivity contribution in [3.8, 4) is 11.5 Å². The first kappa shape index (κ1) is 22.9. The first-order valence-corrected chi connectivity index (χ1v) is 9.95. The Morgan fingerprint density at radius 2 is 1.71 bits per heavy atom. The Balaban J connectivity index is 0.00000272. The predicted molar refractivity (Wildman–Crippen MR) is 127 cm³/mol. The van der Waals surface area contributed by atoms with Crippen LogP contribution in [0.5, 0.6) is 11.5 Å². The first-order valence-electron chi connectivity index (χ1n) is 9.95. The van der Waals surface area contributed by atoms with E-state index in [1.165, 1.54) is 4.90 Å². The monoisotopic (exact) mass is 536 g/mol. The lowest BCUT2D eigenvalue weighted by Crippen LogP contribution is -2.37. The van der Waals surface area contributed by atoms with Gasteiger partial charge in [-0.3, -0.25) is 19.5 Å². The van der Waals surface area contributed by atoms with Crippen LogP contribution in [-0.2, 0) is 6.54 Å². The number of rotatable bonds is 7. The van der Waals surface area contributed by atoms with E-state index >= 15 is 0 Å². The van der Waals surface area contributed by atoms with Crippen molar-refractivity contribution >= 4 is 41.8 Å². The number of guanidine groups is 1. The Hall–Kier alpha value is -2.82. The van der Waals surface area contributed by atoms with Crippen LogP contribution in [0.1, 0.15) is 39.1 Å². The zero-order valence-electron chi connectivity index (χ0n) is 17.2. The van der Waals surface area contributed by atoms with Crippen molar-refractivity contribution in [3.63, 3.8) is 0 Å². The van der Waals surface area contributed by atoms with Gasteiger partial charge >= 0.3 is 0 Å². The van der Waals surface area contributed by atoms with Crippen molar-refractivity contribution < 1.29 is 19.1 Å². The van der Waals surface area contributed by atoms with Gasteiger partial charge in [-0.2, -0.15) is 0 Å². The van der Waals surface area contributed by atoms with Gasteiger partial charge in [0.25, 0.3) is 11.8 Å². The summed E-state index contributed by atoms with van der Waals surface area (Å²) in [4.78, 5) is 30.3. The lowest BCUT2D eigenvalue weighted by molar-refractivity contribution is 0.0652. The molecule has 2 N–H and O–H groups in total. The molecule has 2 aliphatic rings. The summed E-state index contributed by atoms with van der Waals surface area (Å²) in [5, 5.41) is 6.51. The molecule has 2 aromatic carbocycles. The van der Waals surface area contributed by atoms with Gasteiger partial charge in [0, 0.05) is 26.7 Å². The van der Waals surface area contributed by atoms with Crippen LogP contribution in [0.25, 0.3) is 0 Å². The molecule has 0 saturated carbocycles. The van der Waals surface area contributed by atoms with Gasteiger partial charge in [-0.1, -0.05) is 18.2 Å². The van der Waals surface area contributed by atoms with Crippen LogP contribution in [0.4, 0.5) is 0 Å². The zero-order chi connectivity index (χ0) is 20.9. The molecule has 2 amide bonds. The average Bonchev–Trinajstić information content (AvgIpc) is 3.33. The molecule has 8 nitrogen and oxygen atoms in total. The van der Waals surface area contributed by atoms with Gasteiger partial charge in [0.05, 0.1) is 11.1 Å². The molecule has 2 aromatic rings. The van der Waals surface area contributed by atoms with E-state index < -0.39 is 0 Å². The highest BCUT2D eigenvalue weighted by Crippen LogP contribution is 2.32. The van der Waals surface area contributed by atoms with E-state index in [0.29, 0.717) is 36.7 Å². The van der Waals surface area contributed by atoms with Gasteiger partial charge in [-0.25, -0.2) is 0 Å². The molecule has 0 atom stereocenters. The summed E-state index contributed by atoms with van der Waals surface area (Å²) in [5.74, 6) is 1.80. The Morgan fingerprint density at radius 3 is 2.42 bits per heavy atom. The number of imide groups is 1. The maximum atomic E-state index is 12.4. The lowest BCUT2D eigenvalue weighted by Gasteiger charge is -2.15. The molecule has 164 valence electrons. The largest absolute Gasteiger partial charge is 0.454 e. The quantitative estimate of drug-likeness (QED) is 0.186. The molecule has 0 radical (unpaired) electrons. The molecule has 2 heterocycles. The zero-order valence-corrected chi connectivity index (χ0v) is 19.6. The van der Waals surface area contributed by atoms with Gasteiger partial charge in [-0.15, -0.1) is 24.0 Å². The van der Waals surface area contributed by atoms with Crippen molar-refractivity contribution in [2.45, 2.75) is 19.4 Å². The molecule has 0 unspecified atom stereocenters. The fourth-order valence-electron chi connectivity index (χ4n) is 3.50. The van der Waals surface area contributed by atoms with E-state index in [2.05, 4.69) is 15.6 Å². The Kier molecular flexibility index (Phi) is 7.72. The minimum absolute atomic E-state index is 0. The minimum Gasteiger partial charge on any atom is -0.454 e. The fraction of sp³-hybridized carbons (Fsp3) is 0.318. The summed E-state index contributed by atoms with van der Waals surface area (Å²) in [5.41, 5.74) is 2.05. The van der Waals surface area contributed by atoms with Crippen molar-refractivity contribution in [1.82, 2.24) is 15.5 Å². The number of nitrogens with one attached hydrogen (secondary N) is 2. The van der Waals surface area contributed by atoms with E-state index in [-0.39, 0.29) is 42.6 Å². The number of nitrogens with zero attached hydrogens (tertiary/aromatic N) is 2. The van der Waals surface area contributed by atoms with Crippen molar-refractivity contribution in [1.29, 1.82) is 0 Å². The Bertz CT molecular complexity index is 960. The van der Waals surface area contributed by atoms with Crippen LogP contribution in [0.2, 0.25) is 0 Å². The Morgan fingerprint density at radius 1 is 1.00 bits per heavy atom. The van der Waals surface area contributed by atoms with Crippen LogP contribution >= 0.6 is 24.0 Å². The standard InChI is InChI=1S/C22H24N4O4.HI/c1-23-22(25-13-15-8-9-18-19(12-15)30-14-29-18)24-10-4-5-11-26-20(27)16-6-2-3-7-17(16)21(26)28;/h2-3,6-9,12H,4-5,10-11,13-14H2,1H3,(H2,23,24,25);1H. The maximum Gasteiger partial charge on any atom is 0.261 e. The van der Waals surface area contributed by atoms with E-state index in [1.54, 1.807) is 31.3 Å². The molecular formula is C22H25IN4O4. The second kappa shape index (κ2) is 10.5. The van der Waals surface area contributed by atoms with E-state index in [0.717, 1.165) is 29.9 Å². The van der Waals surface area contributed by atoms with Gasteiger partial charge in [0.15, 0.2) is 17.5 Å². The highest BCUT2D eigenvalue weighted by atomic mass is 127. The fourth-order valence-corrected chi connectivity index (χ4v) is 3.50. The van der Waals surface area contributed by atoms with Gasteiger partial charge in [0.2, 0.25) is 6.79 Å². The van der Waals surface area contributed by atoms with Crippen LogP contribution in [0.15, 0.2) is 47.5 Å². The topological polar surface area (TPSA) is 92.3 Å². The molecule has 0 aliphatic carbocycles. The number of ether oxygens (including phenoxy) is 2. The second-order valence-electron chi connectivity index (χ2n) is 7.05. The first-order chi connectivity index (χ1) is 14.7. The van der Waals surface area contributed by atoms with Crippen molar-refractivity contribution in [2.75, 3.05) is 26.9 Å². The number of hydrogen-bond donors (Lipinski definition) is 2. The number of halogens is 1. The van der Waals surface area contributed by atoms with E-state index in [4.69, 9.17) is 9.47 Å². The summed E-state index contributed by atoms with van der Waals surface area (Å²) >= 11 is 0. The number of amides is 2. The van der Waals surface area contributed by atoms with Crippen molar-refractivity contribution in [2.24, 2.45) is 4.99 Å². The maximum absolute atomic E-state index is 12.4. The summed E-state index contributed by atoms with van der Waals surface area (Å²) in [6.45, 7) is 1.96. The summed E-state index contributed by atoms with van der Waals surface area (Å²) < 4.78 is 10.7. The average molecular weight is 536 g/mol. The number of carbonyl (C=O) groups excluding carboxylic acids is 2. The molecule has 0 spiro atoms. The summed E-state index contributed by atoms with van der Waals surface area (Å²) in [7, 11) is 1.72. The molecule has 0 saturated heterocycles. The molecule has 4 rings (SSSR count). The molecular weight excluding hydrogens is 511 g/mol. The van der Waals surface area contributed by atoms with Crippen LogP contribution in [0, 0.1) is 0 Å². The number of fused-ring (bicyclic) bond motifs is 2. The Labute approximate surface area is 198 Å². The molecule has 0 bridgehead atoms. The second-order valence-corrected chi connectivity index (χ2v) is 7.05. The van der Waals surface area contributed by atoms with Crippen LogP contribution < -0.4 is 20.1 Å². The smallest absolute Gasteiger partial charge is 0.261 e. The summed E-state index contributed by atoms with van der Waals surface area (Å²) in [6, 6.07) is 12.8. The number of carbonyl (C=O) groups is 2. The number of unbranched alkanes of at least 4 members (excludes halogenated alkanes) is 1. The number of hydrogen-bond acceptors (Lipinski definition) is 5. The predicted octanol–water partition coefficient (Wildman–Crippen LogP) is 2.77. The van der Waals surface area contributed by atoms with Gasteiger partial charge < -0.3 is 20.1 Å². The third-order valence-corrected chi connectivity index (χ3v) is 5.10. The van der Waals surface area contributed by atoms with Crippen LogP contribution in [-0.4, -0.2) is 49.6 Å². The van der Waals surface area contributed by atoms with E-state index in [9.17, 15) is 9.59 Å². The minimum atomic E-state index is -0.204. The molecule has 31 heavy (non-hydrogen) atoms. The molecule has 2 aliphatic heterocycles.